The molecule has 4 aromatic rings. The molecule has 0 saturated heterocycles. The van der Waals surface area contributed by atoms with E-state index in [1.54, 1.807) is 42.3 Å². The van der Waals surface area contributed by atoms with Crippen molar-refractivity contribution in [2.75, 3.05) is 26.1 Å². The van der Waals surface area contributed by atoms with E-state index in [1.165, 1.54) is 0 Å². The van der Waals surface area contributed by atoms with E-state index < -0.39 is 0 Å². The minimum absolute atomic E-state index is 0.102. The van der Waals surface area contributed by atoms with E-state index in [-0.39, 0.29) is 6.03 Å². The van der Waals surface area contributed by atoms with E-state index in [0.717, 1.165) is 29.1 Å². The molecular weight excluding hydrogens is 408 g/mol. The molecule has 3 N–H and O–H groups in total. The average molecular weight is 432 g/mol. The van der Waals surface area contributed by atoms with Crippen molar-refractivity contribution >= 4 is 33.5 Å². The SMILES string of the molecule is COCCOc1cc2nccc(Oc3ccc4c(ccn4C(=O)NC4CC4)c3)c2cc1N. The van der Waals surface area contributed by atoms with Crippen molar-refractivity contribution in [2.24, 2.45) is 0 Å². The molecule has 32 heavy (non-hydrogen) atoms. The van der Waals surface area contributed by atoms with E-state index >= 15 is 0 Å². The molecule has 2 heterocycles. The third kappa shape index (κ3) is 4.04. The van der Waals surface area contributed by atoms with Crippen LogP contribution in [0.4, 0.5) is 10.5 Å². The summed E-state index contributed by atoms with van der Waals surface area (Å²) < 4.78 is 18.5. The van der Waals surface area contributed by atoms with Gasteiger partial charge in [0.2, 0.25) is 0 Å². The minimum atomic E-state index is -0.102. The van der Waals surface area contributed by atoms with Crippen LogP contribution >= 0.6 is 0 Å². The number of nitrogens with zero attached hydrogens (tertiary/aromatic N) is 2. The van der Waals surface area contributed by atoms with Gasteiger partial charge in [0, 0.05) is 42.4 Å². The van der Waals surface area contributed by atoms with Crippen molar-refractivity contribution in [3.8, 4) is 17.2 Å². The number of nitrogens with two attached hydrogens (primary N) is 1. The molecule has 0 unspecified atom stereocenters. The van der Waals surface area contributed by atoms with Gasteiger partial charge in [0.1, 0.15) is 23.9 Å². The van der Waals surface area contributed by atoms with Crippen LogP contribution < -0.4 is 20.5 Å². The van der Waals surface area contributed by atoms with Gasteiger partial charge in [-0.3, -0.25) is 9.55 Å². The van der Waals surface area contributed by atoms with Gasteiger partial charge >= 0.3 is 6.03 Å². The van der Waals surface area contributed by atoms with Gasteiger partial charge in [0.25, 0.3) is 0 Å². The summed E-state index contributed by atoms with van der Waals surface area (Å²) in [7, 11) is 1.62. The number of anilines is 1. The number of pyridine rings is 1. The lowest BCUT2D eigenvalue weighted by Crippen LogP contribution is -2.29. The maximum atomic E-state index is 12.4. The highest BCUT2D eigenvalue weighted by Crippen LogP contribution is 2.35. The Morgan fingerprint density at radius 3 is 2.84 bits per heavy atom. The van der Waals surface area contributed by atoms with Gasteiger partial charge in [-0.1, -0.05) is 0 Å². The van der Waals surface area contributed by atoms with E-state index in [9.17, 15) is 4.79 Å². The summed E-state index contributed by atoms with van der Waals surface area (Å²) in [4.78, 5) is 16.8. The maximum absolute atomic E-state index is 12.4. The maximum Gasteiger partial charge on any atom is 0.326 e. The van der Waals surface area contributed by atoms with E-state index in [0.29, 0.717) is 47.7 Å². The molecule has 0 atom stereocenters. The van der Waals surface area contributed by atoms with Crippen LogP contribution in [0.25, 0.3) is 21.8 Å². The van der Waals surface area contributed by atoms with Crippen molar-refractivity contribution in [2.45, 2.75) is 18.9 Å². The predicted octanol–water partition coefficient (Wildman–Crippen LogP) is 4.31. The van der Waals surface area contributed by atoms with Crippen molar-refractivity contribution in [1.82, 2.24) is 14.9 Å². The van der Waals surface area contributed by atoms with Gasteiger partial charge in [0.15, 0.2) is 0 Å². The first kappa shape index (κ1) is 20.1. The third-order valence-corrected chi connectivity index (χ3v) is 5.39. The minimum Gasteiger partial charge on any atom is -0.489 e. The Hall–Kier alpha value is -3.78. The lowest BCUT2D eigenvalue weighted by molar-refractivity contribution is 0.147. The molecule has 164 valence electrons. The summed E-state index contributed by atoms with van der Waals surface area (Å²) in [6.45, 7) is 0.876. The summed E-state index contributed by atoms with van der Waals surface area (Å²) in [5, 5.41) is 4.71. The van der Waals surface area contributed by atoms with Gasteiger partial charge in [-0.25, -0.2) is 4.79 Å². The molecule has 5 rings (SSSR count). The van der Waals surface area contributed by atoms with Crippen molar-refractivity contribution in [1.29, 1.82) is 0 Å². The number of hydrogen-bond acceptors (Lipinski definition) is 6. The molecule has 1 saturated carbocycles. The zero-order valence-corrected chi connectivity index (χ0v) is 17.7. The monoisotopic (exact) mass is 432 g/mol. The van der Waals surface area contributed by atoms with Crippen LogP contribution in [0, 0.1) is 0 Å². The van der Waals surface area contributed by atoms with Gasteiger partial charge in [-0.15, -0.1) is 0 Å². The first-order valence-electron chi connectivity index (χ1n) is 10.5. The quantitative estimate of drug-likeness (QED) is 0.333. The molecule has 1 aliphatic rings. The van der Waals surface area contributed by atoms with Gasteiger partial charge < -0.3 is 25.3 Å². The van der Waals surface area contributed by atoms with Crippen LogP contribution in [0.5, 0.6) is 17.2 Å². The van der Waals surface area contributed by atoms with Gasteiger partial charge in [0.05, 0.1) is 23.3 Å². The van der Waals surface area contributed by atoms with Crippen molar-refractivity contribution in [3.05, 3.63) is 54.9 Å². The summed E-state index contributed by atoms with van der Waals surface area (Å²) >= 11 is 0. The number of benzene rings is 2. The first-order valence-corrected chi connectivity index (χ1v) is 10.5. The summed E-state index contributed by atoms with van der Waals surface area (Å²) in [5.74, 6) is 1.85. The highest BCUT2D eigenvalue weighted by Gasteiger charge is 2.24. The molecular formula is C24H24N4O4. The molecule has 8 nitrogen and oxygen atoms in total. The van der Waals surface area contributed by atoms with Crippen molar-refractivity contribution in [3.63, 3.8) is 0 Å². The first-order chi connectivity index (χ1) is 15.6. The topological polar surface area (TPSA) is 101 Å². The molecule has 0 spiro atoms. The molecule has 0 aliphatic heterocycles. The third-order valence-electron chi connectivity index (χ3n) is 5.39. The second-order valence-electron chi connectivity index (χ2n) is 7.79. The van der Waals surface area contributed by atoms with Crippen LogP contribution in [-0.4, -0.2) is 41.9 Å². The van der Waals surface area contributed by atoms with E-state index in [2.05, 4.69) is 10.3 Å². The number of fused-ring (bicyclic) bond motifs is 2. The number of methoxy groups -OCH3 is 1. The highest BCUT2D eigenvalue weighted by atomic mass is 16.5. The fourth-order valence-corrected chi connectivity index (χ4v) is 3.57. The second-order valence-corrected chi connectivity index (χ2v) is 7.79. The smallest absolute Gasteiger partial charge is 0.326 e. The van der Waals surface area contributed by atoms with Crippen LogP contribution in [-0.2, 0) is 4.74 Å². The summed E-state index contributed by atoms with van der Waals surface area (Å²) in [6.07, 6.45) is 5.56. The molecule has 8 heteroatoms. The fraction of sp³-hybridized carbons (Fsp3) is 0.250. The van der Waals surface area contributed by atoms with Crippen LogP contribution in [0.3, 0.4) is 0 Å². The zero-order chi connectivity index (χ0) is 22.1. The Kier molecular flexibility index (Phi) is 5.28. The number of rotatable bonds is 7. The molecule has 1 amide bonds. The average Bonchev–Trinajstić information content (AvgIpc) is 3.50. The normalized spacial score (nSPS) is 13.4. The number of carbonyl (C=O) groups is 1. The Labute approximate surface area is 184 Å². The second kappa shape index (κ2) is 8.39. The number of hydrogen-bond donors (Lipinski definition) is 2. The van der Waals surface area contributed by atoms with Gasteiger partial charge in [-0.05, 0) is 49.2 Å². The standard InChI is InChI=1S/C24H24N4O4/c1-30-10-11-31-23-14-20-18(13-19(23)25)22(6-8-26-20)32-17-4-5-21-15(12-17)7-9-28(21)24(29)27-16-2-3-16/h4-9,12-14,16H,2-3,10-11,25H2,1H3,(H,27,29). The largest absolute Gasteiger partial charge is 0.489 e. The molecule has 2 aromatic heterocycles. The molecule has 1 fully saturated rings. The van der Waals surface area contributed by atoms with Crippen LogP contribution in [0.15, 0.2) is 54.9 Å². The number of aromatic nitrogens is 2. The Balaban J connectivity index is 1.41. The molecule has 2 aromatic carbocycles. The predicted molar refractivity (Wildman–Crippen MR) is 122 cm³/mol. The fourth-order valence-electron chi connectivity index (χ4n) is 3.57. The number of nitrogen functional groups attached to an aromatic ring is 1. The van der Waals surface area contributed by atoms with Crippen LogP contribution in [0.2, 0.25) is 0 Å². The summed E-state index contributed by atoms with van der Waals surface area (Å²) in [6, 6.07) is 13.2. The lowest BCUT2D eigenvalue weighted by Gasteiger charge is -2.13. The molecule has 0 bridgehead atoms. The molecule has 0 radical (unpaired) electrons. The lowest BCUT2D eigenvalue weighted by atomic mass is 10.1. The van der Waals surface area contributed by atoms with E-state index in [1.807, 2.05) is 24.3 Å². The van der Waals surface area contributed by atoms with Crippen LogP contribution in [0.1, 0.15) is 12.8 Å². The van der Waals surface area contributed by atoms with Gasteiger partial charge in [-0.2, -0.15) is 0 Å². The Bertz CT molecular complexity index is 1300. The number of ether oxygens (including phenoxy) is 3. The molecule has 1 aliphatic carbocycles. The number of carbonyl (C=O) groups excluding carboxylic acids is 1. The van der Waals surface area contributed by atoms with Crippen molar-refractivity contribution < 1.29 is 19.0 Å². The number of amides is 1. The zero-order valence-electron chi connectivity index (χ0n) is 17.7. The highest BCUT2D eigenvalue weighted by molar-refractivity contribution is 5.93. The Morgan fingerprint density at radius 2 is 2.03 bits per heavy atom. The number of nitrogens with one attached hydrogen (secondary N) is 1. The summed E-state index contributed by atoms with van der Waals surface area (Å²) in [5.41, 5.74) is 8.23. The Morgan fingerprint density at radius 1 is 1.16 bits per heavy atom. The van der Waals surface area contributed by atoms with E-state index in [4.69, 9.17) is 19.9 Å².